The Labute approximate surface area is 251 Å². The summed E-state index contributed by atoms with van der Waals surface area (Å²) in [5, 5.41) is 6.58. The van der Waals surface area contributed by atoms with Crippen LogP contribution in [0.5, 0.6) is 0 Å². The minimum absolute atomic E-state index is 0.301. The molecule has 4 rings (SSSR count). The van der Waals surface area contributed by atoms with E-state index in [9.17, 15) is 0 Å². The summed E-state index contributed by atoms with van der Waals surface area (Å²) in [7, 11) is 0. The summed E-state index contributed by atoms with van der Waals surface area (Å²) in [5.41, 5.74) is 0. The molecule has 10 heteroatoms. The Balaban J connectivity index is 1.13. The fourth-order valence-corrected chi connectivity index (χ4v) is 31.3. The van der Waals surface area contributed by atoms with Crippen LogP contribution in [0, 0.1) is 0 Å². The van der Waals surface area contributed by atoms with Gasteiger partial charge in [0.2, 0.25) is 0 Å². The fraction of sp³-hybridized carbons (Fsp3) is 1.00. The Morgan fingerprint density at radius 2 is 1.03 bits per heavy atom. The molecule has 4 aliphatic heterocycles. The van der Waals surface area contributed by atoms with Gasteiger partial charge in [-0.2, -0.15) is 0 Å². The summed E-state index contributed by atoms with van der Waals surface area (Å²) in [5.74, 6) is 9.03. The summed E-state index contributed by atoms with van der Waals surface area (Å²) < 4.78 is 13.2. The van der Waals surface area contributed by atoms with Crippen LogP contribution in [-0.2, 0) is 0 Å². The van der Waals surface area contributed by atoms with Crippen molar-refractivity contribution in [3.63, 3.8) is 0 Å². The third-order valence-electron chi connectivity index (χ3n) is 4.83. The van der Waals surface area contributed by atoms with Crippen LogP contribution in [0.15, 0.2) is 0 Å². The molecular formula is C20H34S6Te4. The van der Waals surface area contributed by atoms with Gasteiger partial charge in [0.25, 0.3) is 0 Å². The Morgan fingerprint density at radius 3 is 1.50 bits per heavy atom. The van der Waals surface area contributed by atoms with E-state index in [1.54, 1.807) is 35.8 Å². The van der Waals surface area contributed by atoms with Crippen molar-refractivity contribution in [2.24, 2.45) is 0 Å². The predicted molar refractivity (Wildman–Crippen MR) is 159 cm³/mol. The van der Waals surface area contributed by atoms with Crippen molar-refractivity contribution < 1.29 is 0 Å². The first-order valence-corrected chi connectivity index (χ1v) is 30.3. The molecule has 4 fully saturated rings. The number of hydrogen-bond acceptors (Lipinski definition) is 6. The number of thioether (sulfide) groups is 6. The normalized spacial score (nSPS) is 30.8. The van der Waals surface area contributed by atoms with E-state index in [-0.39, 0.29) is 0 Å². The van der Waals surface area contributed by atoms with Gasteiger partial charge in [-0.3, -0.25) is 0 Å². The summed E-state index contributed by atoms with van der Waals surface area (Å²) in [6, 6.07) is 0. The van der Waals surface area contributed by atoms with Gasteiger partial charge in [-0.25, -0.2) is 0 Å². The molecule has 0 saturated carbocycles. The molecule has 4 aliphatic rings. The van der Waals surface area contributed by atoms with Gasteiger partial charge in [-0.05, 0) is 0 Å². The molecule has 0 aliphatic carbocycles. The molecule has 0 aromatic carbocycles. The van der Waals surface area contributed by atoms with Crippen molar-refractivity contribution in [3.8, 4) is 0 Å². The van der Waals surface area contributed by atoms with Gasteiger partial charge in [0, 0.05) is 0 Å². The van der Waals surface area contributed by atoms with Crippen LogP contribution < -0.4 is 0 Å². The van der Waals surface area contributed by atoms with Gasteiger partial charge in [-0.15, -0.1) is 0 Å². The van der Waals surface area contributed by atoms with Gasteiger partial charge >= 0.3 is 256 Å². The molecule has 0 amide bonds. The van der Waals surface area contributed by atoms with Gasteiger partial charge < -0.3 is 0 Å². The standard InChI is InChI=1S/C20H34S6Te4/c1(2-27-8-16-4-22-16)21-15(9-28-10-17-5-23-17)3-26-20(13-29-11-18-6-24-18)14-30-12-19-7-25-19/h15-20H,1-14H2. The second-order valence-electron chi connectivity index (χ2n) is 7.96. The molecule has 0 aromatic heterocycles. The van der Waals surface area contributed by atoms with E-state index in [0.29, 0.717) is 83.7 Å². The minimum atomic E-state index is 0.301. The van der Waals surface area contributed by atoms with Gasteiger partial charge in [0.15, 0.2) is 0 Å². The third kappa shape index (κ3) is 14.9. The summed E-state index contributed by atoms with van der Waals surface area (Å²) in [6.45, 7) is 0. The van der Waals surface area contributed by atoms with Crippen molar-refractivity contribution in [1.82, 2.24) is 0 Å². The molecule has 0 bridgehead atoms. The van der Waals surface area contributed by atoms with E-state index in [4.69, 9.17) is 0 Å². The second kappa shape index (κ2) is 17.0. The van der Waals surface area contributed by atoms with Gasteiger partial charge in [0.05, 0.1) is 0 Å². The first kappa shape index (κ1) is 28.3. The monoisotopic (exact) mass is 986 g/mol. The Bertz CT molecular complexity index is 456. The molecule has 4 heterocycles. The average Bonchev–Trinajstić information content (AvgIpc) is 3.54. The number of hydrogen-bond donors (Lipinski definition) is 0. The van der Waals surface area contributed by atoms with Crippen molar-refractivity contribution in [3.05, 3.63) is 0 Å². The Hall–Kier alpha value is 5.26. The molecule has 30 heavy (non-hydrogen) atoms. The topological polar surface area (TPSA) is 0 Å². The first-order valence-electron chi connectivity index (χ1n) is 10.9. The molecule has 5 unspecified atom stereocenters. The molecule has 0 N–H and O–H groups in total. The van der Waals surface area contributed by atoms with Crippen LogP contribution in [0.1, 0.15) is 0 Å². The van der Waals surface area contributed by atoms with Crippen LogP contribution in [0.2, 0.25) is 35.8 Å². The van der Waals surface area contributed by atoms with Crippen LogP contribution in [0.4, 0.5) is 0 Å². The zero-order valence-corrected chi connectivity index (χ0v) is 31.7. The van der Waals surface area contributed by atoms with Crippen LogP contribution in [0.25, 0.3) is 0 Å². The van der Waals surface area contributed by atoms with Crippen molar-refractivity contribution in [2.75, 3.05) is 34.5 Å². The van der Waals surface area contributed by atoms with Crippen LogP contribution in [-0.4, -0.2) is 150 Å². The molecule has 5 atom stereocenters. The summed E-state index contributed by atoms with van der Waals surface area (Å²) in [4.78, 5) is 0. The maximum absolute atomic E-state index is 2.48. The molecule has 0 spiro atoms. The van der Waals surface area contributed by atoms with Gasteiger partial charge in [0.1, 0.15) is 0 Å². The first-order chi connectivity index (χ1) is 14.8. The van der Waals surface area contributed by atoms with E-state index >= 15 is 0 Å². The zero-order valence-electron chi connectivity index (χ0n) is 17.4. The van der Waals surface area contributed by atoms with Crippen molar-refractivity contribution in [2.45, 2.75) is 67.2 Å². The molecule has 0 radical (unpaired) electrons. The van der Waals surface area contributed by atoms with Crippen LogP contribution in [0.3, 0.4) is 0 Å². The van der Waals surface area contributed by atoms with Crippen molar-refractivity contribution in [1.29, 1.82) is 0 Å². The number of rotatable bonds is 21. The average molecular weight is 977 g/mol. The van der Waals surface area contributed by atoms with E-state index < -0.39 is 0 Å². The molecular weight excluding hydrogens is 943 g/mol. The van der Waals surface area contributed by atoms with E-state index in [2.05, 4.69) is 70.6 Å². The van der Waals surface area contributed by atoms with E-state index in [1.165, 1.54) is 34.5 Å². The summed E-state index contributed by atoms with van der Waals surface area (Å²) in [6.07, 6.45) is 0. The SMILES string of the molecule is C(C[Te]CC1CS1)SC(CSC(C[Te]CC1CS1)C[Te]CC1CS1)C[Te]CC1CS1. The van der Waals surface area contributed by atoms with Gasteiger partial charge in [-0.1, -0.05) is 0 Å². The fourth-order valence-electron chi connectivity index (χ4n) is 2.67. The molecule has 0 nitrogen and oxygen atoms in total. The molecule has 174 valence electrons. The third-order valence-corrected chi connectivity index (χ3v) is 31.1. The predicted octanol–water partition coefficient (Wildman–Crippen LogP) is 5.81. The maximum atomic E-state index is 2.48. The Kier molecular flexibility index (Phi) is 16.0. The van der Waals surface area contributed by atoms with Crippen LogP contribution >= 0.6 is 70.6 Å². The zero-order chi connectivity index (χ0) is 20.4. The van der Waals surface area contributed by atoms with Crippen molar-refractivity contribution >= 4 is 154 Å². The molecule has 4 saturated heterocycles. The quantitative estimate of drug-likeness (QED) is 0.0804. The van der Waals surface area contributed by atoms with E-state index in [1.807, 2.05) is 0 Å². The molecule has 0 aromatic rings. The Morgan fingerprint density at radius 1 is 0.600 bits per heavy atom. The van der Waals surface area contributed by atoms with E-state index in [0.717, 1.165) is 31.5 Å². The second-order valence-corrected chi connectivity index (χ2v) is 28.5. The summed E-state index contributed by atoms with van der Waals surface area (Å²) >= 11 is 15.1.